The maximum atomic E-state index is 6.58. The molecule has 0 spiro atoms. The second kappa shape index (κ2) is 3.03. The van der Waals surface area contributed by atoms with Crippen LogP contribution < -0.4 is 0 Å². The van der Waals surface area contributed by atoms with Crippen molar-refractivity contribution in [3.05, 3.63) is 17.5 Å². The van der Waals surface area contributed by atoms with Crippen LogP contribution in [0.2, 0.25) is 0 Å². The fourth-order valence-corrected chi connectivity index (χ4v) is 0.807. The minimum Gasteiger partial charge on any atom is -0.241 e. The number of hydrogen-bond donors (Lipinski definition) is 1. The molecule has 0 aliphatic carbocycles. The van der Waals surface area contributed by atoms with Crippen molar-refractivity contribution in [2.45, 2.75) is 13.8 Å². The molecule has 0 bridgehead atoms. The lowest BCUT2D eigenvalue weighted by Crippen LogP contribution is -1.87. The summed E-state index contributed by atoms with van der Waals surface area (Å²) in [7, 11) is 0. The lowest BCUT2D eigenvalue weighted by molar-refractivity contribution is 1.04. The zero-order valence-electron chi connectivity index (χ0n) is 6.42. The average molecular weight is 148 g/mol. The monoisotopic (exact) mass is 148 g/mol. The van der Waals surface area contributed by atoms with E-state index in [1.807, 2.05) is 25.9 Å². The summed E-state index contributed by atoms with van der Waals surface area (Å²) in [5.74, 6) is 0.303. The molecule has 0 aliphatic rings. The fourth-order valence-electron chi connectivity index (χ4n) is 0.807. The van der Waals surface area contributed by atoms with Gasteiger partial charge in [-0.15, -0.1) is 4.99 Å². The van der Waals surface area contributed by atoms with Crippen LogP contribution in [0.15, 0.2) is 11.1 Å². The second-order valence-electron chi connectivity index (χ2n) is 2.17. The van der Waals surface area contributed by atoms with Crippen molar-refractivity contribution in [3.8, 4) is 0 Å². The molecule has 11 heavy (non-hydrogen) atoms. The topological polar surface area (TPSA) is 62.0 Å². The summed E-state index contributed by atoms with van der Waals surface area (Å²) in [6.45, 7) is 3.72. The van der Waals surface area contributed by atoms with Gasteiger partial charge in [-0.25, -0.2) is 15.4 Å². The predicted octanol–water partition coefficient (Wildman–Crippen LogP) is 1.48. The maximum absolute atomic E-state index is 6.58. The Hall–Kier alpha value is -1.54. The third-order valence-electron chi connectivity index (χ3n) is 1.13. The number of nitrogens with zero attached hydrogens (tertiary/aromatic N) is 3. The molecule has 0 aromatic carbocycles. The van der Waals surface area contributed by atoms with E-state index in [0.29, 0.717) is 5.95 Å². The standard InChI is InChI=1S/C7H8N4/c1-5-3-6(2)11-7(10-5)9-4-8/h3,8H,1-2H3. The molecule has 4 heteroatoms. The van der Waals surface area contributed by atoms with Crippen molar-refractivity contribution in [2.75, 3.05) is 0 Å². The van der Waals surface area contributed by atoms with Crippen LogP contribution in [0.5, 0.6) is 0 Å². The zero-order valence-corrected chi connectivity index (χ0v) is 6.42. The first-order chi connectivity index (χ1) is 5.22. The van der Waals surface area contributed by atoms with Crippen molar-refractivity contribution in [3.63, 3.8) is 0 Å². The first kappa shape index (κ1) is 7.57. The molecule has 0 atom stereocenters. The smallest absolute Gasteiger partial charge is 0.241 e. The second-order valence-corrected chi connectivity index (χ2v) is 2.17. The molecule has 1 heterocycles. The molecule has 0 amide bonds. The molecule has 56 valence electrons. The van der Waals surface area contributed by atoms with Crippen molar-refractivity contribution >= 4 is 12.0 Å². The van der Waals surface area contributed by atoms with E-state index in [1.54, 1.807) is 0 Å². The number of rotatable bonds is 1. The molecule has 1 N–H and O–H groups in total. The normalized spacial score (nSPS) is 8.91. The minimum atomic E-state index is 0.303. The van der Waals surface area contributed by atoms with E-state index in [4.69, 9.17) is 5.41 Å². The number of hydrogen-bond acceptors (Lipinski definition) is 4. The average Bonchev–Trinajstić information content (AvgIpc) is 1.85. The lowest BCUT2D eigenvalue weighted by Gasteiger charge is -1.94. The zero-order chi connectivity index (χ0) is 8.27. The Labute approximate surface area is 64.5 Å². The molecule has 0 saturated heterocycles. The summed E-state index contributed by atoms with van der Waals surface area (Å²) < 4.78 is 0. The van der Waals surface area contributed by atoms with Gasteiger partial charge in [0.25, 0.3) is 5.95 Å². The van der Waals surface area contributed by atoms with Crippen LogP contribution in [0.4, 0.5) is 5.95 Å². The van der Waals surface area contributed by atoms with E-state index in [9.17, 15) is 0 Å². The van der Waals surface area contributed by atoms with Gasteiger partial charge in [0.05, 0.1) is 6.01 Å². The first-order valence-electron chi connectivity index (χ1n) is 3.17. The summed E-state index contributed by atoms with van der Waals surface area (Å²) in [6, 6.07) is 3.74. The highest BCUT2D eigenvalue weighted by atomic mass is 15.0. The third-order valence-corrected chi connectivity index (χ3v) is 1.13. The van der Waals surface area contributed by atoms with Gasteiger partial charge in [0, 0.05) is 11.4 Å². The third kappa shape index (κ3) is 1.95. The molecule has 0 saturated carbocycles. The Balaban J connectivity index is 3.18. The van der Waals surface area contributed by atoms with Crippen LogP contribution in [0.25, 0.3) is 0 Å². The van der Waals surface area contributed by atoms with Gasteiger partial charge in [-0.05, 0) is 19.9 Å². The predicted molar refractivity (Wildman–Crippen MR) is 41.3 cm³/mol. The molecule has 0 radical (unpaired) electrons. The van der Waals surface area contributed by atoms with Gasteiger partial charge in [0.1, 0.15) is 0 Å². The van der Waals surface area contributed by atoms with Crippen LogP contribution in [-0.2, 0) is 0 Å². The van der Waals surface area contributed by atoms with E-state index >= 15 is 0 Å². The number of aliphatic imine (C=N–C) groups is 1. The van der Waals surface area contributed by atoms with E-state index in [0.717, 1.165) is 11.4 Å². The first-order valence-corrected chi connectivity index (χ1v) is 3.17. The summed E-state index contributed by atoms with van der Waals surface area (Å²) in [5.41, 5.74) is 1.71. The summed E-state index contributed by atoms with van der Waals surface area (Å²) >= 11 is 0. The van der Waals surface area contributed by atoms with Crippen LogP contribution in [-0.4, -0.2) is 16.0 Å². The van der Waals surface area contributed by atoms with Crippen LogP contribution in [0.1, 0.15) is 11.4 Å². The van der Waals surface area contributed by atoms with Crippen molar-refractivity contribution < 1.29 is 0 Å². The van der Waals surface area contributed by atoms with E-state index in [-0.39, 0.29) is 0 Å². The van der Waals surface area contributed by atoms with Gasteiger partial charge in [0.15, 0.2) is 0 Å². The molecule has 1 aromatic heterocycles. The minimum absolute atomic E-state index is 0.303. The largest absolute Gasteiger partial charge is 0.259 e. The molecule has 1 aromatic rings. The van der Waals surface area contributed by atoms with E-state index < -0.39 is 0 Å². The van der Waals surface area contributed by atoms with Gasteiger partial charge in [-0.2, -0.15) is 0 Å². The Kier molecular flexibility index (Phi) is 2.09. The van der Waals surface area contributed by atoms with Crippen LogP contribution >= 0.6 is 0 Å². The summed E-state index contributed by atoms with van der Waals surface area (Å²) in [6.07, 6.45) is 0. The number of aromatic nitrogens is 2. The van der Waals surface area contributed by atoms with Gasteiger partial charge in [-0.3, -0.25) is 0 Å². The molecular weight excluding hydrogens is 140 g/mol. The number of nitrogens with one attached hydrogen (secondary N) is 1. The molecule has 0 unspecified atom stereocenters. The molecule has 4 nitrogen and oxygen atoms in total. The maximum Gasteiger partial charge on any atom is 0.259 e. The summed E-state index contributed by atoms with van der Waals surface area (Å²) in [5, 5.41) is 6.58. The van der Waals surface area contributed by atoms with E-state index in [2.05, 4.69) is 15.0 Å². The van der Waals surface area contributed by atoms with Gasteiger partial charge in [0.2, 0.25) is 0 Å². The highest BCUT2D eigenvalue weighted by Crippen LogP contribution is 2.05. The molecule has 0 aliphatic heterocycles. The summed E-state index contributed by atoms with van der Waals surface area (Å²) in [4.78, 5) is 11.4. The van der Waals surface area contributed by atoms with Crippen molar-refractivity contribution in [1.82, 2.24) is 9.97 Å². The van der Waals surface area contributed by atoms with E-state index in [1.165, 1.54) is 0 Å². The fraction of sp³-hybridized carbons (Fsp3) is 0.286. The Morgan fingerprint density at radius 1 is 1.36 bits per heavy atom. The van der Waals surface area contributed by atoms with Crippen molar-refractivity contribution in [2.24, 2.45) is 4.99 Å². The molecular formula is C7H8N4. The van der Waals surface area contributed by atoms with Gasteiger partial charge in [-0.1, -0.05) is 0 Å². The Morgan fingerprint density at radius 2 is 1.91 bits per heavy atom. The highest BCUT2D eigenvalue weighted by molar-refractivity contribution is 5.43. The molecule has 1 rings (SSSR count). The SMILES string of the molecule is Cc1cc(C)nc(N=C=N)n1. The Morgan fingerprint density at radius 3 is 2.36 bits per heavy atom. The quantitative estimate of drug-likeness (QED) is 0.613. The van der Waals surface area contributed by atoms with Crippen LogP contribution in [0, 0.1) is 19.3 Å². The van der Waals surface area contributed by atoms with Crippen molar-refractivity contribution in [1.29, 1.82) is 5.41 Å². The van der Waals surface area contributed by atoms with Crippen LogP contribution in [0.3, 0.4) is 0 Å². The number of aryl methyl sites for hydroxylation is 2. The van der Waals surface area contributed by atoms with Gasteiger partial charge >= 0.3 is 0 Å². The highest BCUT2D eigenvalue weighted by Gasteiger charge is 1.94. The lowest BCUT2D eigenvalue weighted by atomic mass is 10.4. The Bertz CT molecular complexity index is 292. The van der Waals surface area contributed by atoms with Gasteiger partial charge < -0.3 is 0 Å². The molecule has 0 fully saturated rings.